The third kappa shape index (κ3) is 9.29. The molecular formula is C35H51N5O4. The van der Waals surface area contributed by atoms with Crippen molar-refractivity contribution in [3.05, 3.63) is 59.7 Å². The van der Waals surface area contributed by atoms with Crippen molar-refractivity contribution in [3.8, 4) is 0 Å². The van der Waals surface area contributed by atoms with Gasteiger partial charge in [-0.25, -0.2) is 0 Å². The predicted molar refractivity (Wildman–Crippen MR) is 176 cm³/mol. The molecule has 0 aromatic heterocycles. The minimum Gasteiger partial charge on any atom is -0.390 e. The Hall–Kier alpha value is -3.43. The van der Waals surface area contributed by atoms with Gasteiger partial charge in [0.2, 0.25) is 11.8 Å². The average molecular weight is 606 g/mol. The van der Waals surface area contributed by atoms with E-state index in [0.717, 1.165) is 68.6 Å². The van der Waals surface area contributed by atoms with Crippen LogP contribution < -0.4 is 25.8 Å². The number of hydrogen-bond acceptors (Lipinski definition) is 6. The third-order valence-electron chi connectivity index (χ3n) is 8.99. The van der Waals surface area contributed by atoms with Gasteiger partial charge in [0, 0.05) is 55.6 Å². The number of nitrogens with zero attached hydrogens (tertiary/aromatic N) is 2. The van der Waals surface area contributed by atoms with Crippen molar-refractivity contribution in [1.82, 2.24) is 16.0 Å². The quantitative estimate of drug-likeness (QED) is 0.257. The van der Waals surface area contributed by atoms with Gasteiger partial charge in [0.25, 0.3) is 5.91 Å². The summed E-state index contributed by atoms with van der Waals surface area (Å²) in [5.41, 5.74) is 3.04. The van der Waals surface area contributed by atoms with Crippen molar-refractivity contribution in [2.45, 2.75) is 103 Å². The molecule has 1 heterocycles. The first-order valence-electron chi connectivity index (χ1n) is 16.6. The number of piperidine rings is 1. The van der Waals surface area contributed by atoms with Gasteiger partial charge >= 0.3 is 0 Å². The maximum atomic E-state index is 13.9. The number of nitrogens with one attached hydrogen (secondary N) is 3. The van der Waals surface area contributed by atoms with E-state index in [-0.39, 0.29) is 30.3 Å². The van der Waals surface area contributed by atoms with Gasteiger partial charge < -0.3 is 30.9 Å². The molecule has 3 atom stereocenters. The van der Waals surface area contributed by atoms with Crippen LogP contribution in [0.2, 0.25) is 0 Å². The molecule has 0 spiro atoms. The van der Waals surface area contributed by atoms with Gasteiger partial charge in [0.15, 0.2) is 0 Å². The molecule has 4 rings (SSSR count). The van der Waals surface area contributed by atoms with Gasteiger partial charge in [-0.15, -0.1) is 0 Å². The van der Waals surface area contributed by atoms with E-state index >= 15 is 0 Å². The van der Waals surface area contributed by atoms with Gasteiger partial charge in [0.05, 0.1) is 18.2 Å². The highest BCUT2D eigenvalue weighted by Gasteiger charge is 2.27. The number of aliphatic hydroxyl groups excluding tert-OH is 1. The number of anilines is 2. The molecule has 240 valence electrons. The van der Waals surface area contributed by atoms with Crippen LogP contribution >= 0.6 is 0 Å². The molecule has 2 aromatic rings. The predicted octanol–water partition coefficient (Wildman–Crippen LogP) is 4.18. The van der Waals surface area contributed by atoms with Crippen molar-refractivity contribution < 1.29 is 19.5 Å². The van der Waals surface area contributed by atoms with Crippen molar-refractivity contribution in [1.29, 1.82) is 0 Å². The van der Waals surface area contributed by atoms with Crippen LogP contribution in [0, 0.1) is 0 Å². The minimum absolute atomic E-state index is 0.0687. The number of amides is 3. The van der Waals surface area contributed by atoms with E-state index < -0.39 is 18.2 Å². The van der Waals surface area contributed by atoms with Crippen molar-refractivity contribution in [2.24, 2.45) is 0 Å². The van der Waals surface area contributed by atoms with E-state index in [2.05, 4.69) is 34.7 Å². The largest absolute Gasteiger partial charge is 0.390 e. The molecule has 1 aliphatic carbocycles. The summed E-state index contributed by atoms with van der Waals surface area (Å²) in [5.74, 6) is -0.307. The van der Waals surface area contributed by atoms with Crippen molar-refractivity contribution >= 4 is 29.1 Å². The molecule has 9 nitrogen and oxygen atoms in total. The smallest absolute Gasteiger partial charge is 0.251 e. The molecule has 3 amide bonds. The summed E-state index contributed by atoms with van der Waals surface area (Å²) < 4.78 is 0. The summed E-state index contributed by atoms with van der Waals surface area (Å²) in [6.45, 7) is 8.25. The Kier molecular flexibility index (Phi) is 12.6. The summed E-state index contributed by atoms with van der Waals surface area (Å²) in [7, 11) is 0. The summed E-state index contributed by atoms with van der Waals surface area (Å²) in [4.78, 5) is 43.4. The van der Waals surface area contributed by atoms with Gasteiger partial charge in [-0.3, -0.25) is 14.4 Å². The number of carbonyl (C=O) groups is 3. The number of rotatable bonds is 14. The zero-order valence-corrected chi connectivity index (χ0v) is 26.7. The van der Waals surface area contributed by atoms with Gasteiger partial charge in [0.1, 0.15) is 0 Å². The van der Waals surface area contributed by atoms with Crippen LogP contribution in [0.1, 0.15) is 88.1 Å². The summed E-state index contributed by atoms with van der Waals surface area (Å²) in [5, 5.41) is 20.8. The Balaban J connectivity index is 1.50. The third-order valence-corrected chi connectivity index (χ3v) is 8.99. The van der Waals surface area contributed by atoms with Crippen LogP contribution in [0.5, 0.6) is 0 Å². The summed E-state index contributed by atoms with van der Waals surface area (Å²) in [6, 6.07) is 14.5. The maximum absolute atomic E-state index is 13.9. The molecule has 2 aromatic carbocycles. The number of hydrogen-bond donors (Lipinski definition) is 4. The fourth-order valence-electron chi connectivity index (χ4n) is 6.24. The van der Waals surface area contributed by atoms with Gasteiger partial charge in [-0.1, -0.05) is 49.6 Å². The van der Waals surface area contributed by atoms with Crippen LogP contribution in [-0.2, 0) is 16.0 Å². The molecule has 44 heavy (non-hydrogen) atoms. The zero-order chi connectivity index (χ0) is 31.5. The fourth-order valence-corrected chi connectivity index (χ4v) is 6.24. The highest BCUT2D eigenvalue weighted by molar-refractivity contribution is 6.00. The van der Waals surface area contributed by atoms with E-state index in [1.54, 1.807) is 17.9 Å². The van der Waals surface area contributed by atoms with E-state index in [9.17, 15) is 19.5 Å². The standard InChI is InChI=1S/C35H51N5O4/c1-4-39(5-2)29-21-27(22-30(23-29)40-19-13-12-18-33(40)42)35(44)38-31(20-26-14-8-6-9-15-26)32(41)24-36-25(3)34(43)37-28-16-10-7-11-17-28/h6,8-9,14-15,21-23,25,28,31-32,36,41H,4-5,7,10-13,16-20,24H2,1-3H3,(H,37,43)(H,38,44)/t25-,31-,32-/m0/s1. The highest BCUT2D eigenvalue weighted by Crippen LogP contribution is 2.28. The second kappa shape index (κ2) is 16.6. The average Bonchev–Trinajstić information content (AvgIpc) is 3.04. The van der Waals surface area contributed by atoms with Crippen LogP contribution in [0.15, 0.2) is 48.5 Å². The van der Waals surface area contributed by atoms with Gasteiger partial charge in [-0.05, 0) is 76.6 Å². The summed E-state index contributed by atoms with van der Waals surface area (Å²) >= 11 is 0. The molecule has 2 fully saturated rings. The molecule has 0 bridgehead atoms. The highest BCUT2D eigenvalue weighted by atomic mass is 16.3. The van der Waals surface area contributed by atoms with E-state index in [1.165, 1.54) is 6.42 Å². The second-order valence-corrected chi connectivity index (χ2v) is 12.2. The monoisotopic (exact) mass is 605 g/mol. The summed E-state index contributed by atoms with van der Waals surface area (Å²) in [6.07, 6.45) is 7.31. The van der Waals surface area contributed by atoms with Crippen molar-refractivity contribution in [3.63, 3.8) is 0 Å². The van der Waals surface area contributed by atoms with Crippen LogP contribution in [0.4, 0.5) is 11.4 Å². The minimum atomic E-state index is -0.946. The Morgan fingerprint density at radius 2 is 1.73 bits per heavy atom. The first-order chi connectivity index (χ1) is 21.3. The maximum Gasteiger partial charge on any atom is 0.251 e. The fraction of sp³-hybridized carbons (Fsp3) is 0.571. The molecule has 9 heteroatoms. The lowest BCUT2D eigenvalue weighted by Crippen LogP contribution is -2.53. The molecular weight excluding hydrogens is 554 g/mol. The lowest BCUT2D eigenvalue weighted by atomic mass is 9.95. The molecule has 2 aliphatic rings. The second-order valence-electron chi connectivity index (χ2n) is 12.2. The Bertz CT molecular complexity index is 1230. The van der Waals surface area contributed by atoms with E-state index in [1.807, 2.05) is 42.5 Å². The SMILES string of the molecule is CCN(CC)c1cc(C(=O)N[C@@H](Cc2ccccc2)[C@@H](O)CN[C@@H](C)C(=O)NC2CCCCC2)cc(N2CCCCC2=O)c1. The first-order valence-corrected chi connectivity index (χ1v) is 16.6. The zero-order valence-electron chi connectivity index (χ0n) is 26.7. The molecule has 1 saturated carbocycles. The topological polar surface area (TPSA) is 114 Å². The Labute approximate surface area is 262 Å². The van der Waals surface area contributed by atoms with Crippen molar-refractivity contribution in [2.75, 3.05) is 36.0 Å². The molecule has 0 unspecified atom stereocenters. The number of carbonyl (C=O) groups excluding carboxylic acids is 3. The number of aliphatic hydroxyl groups is 1. The van der Waals surface area contributed by atoms with Crippen LogP contribution in [-0.4, -0.2) is 73.2 Å². The Morgan fingerprint density at radius 1 is 1.00 bits per heavy atom. The van der Waals surface area contributed by atoms with Gasteiger partial charge in [-0.2, -0.15) is 0 Å². The lowest BCUT2D eigenvalue weighted by molar-refractivity contribution is -0.123. The number of benzene rings is 2. The van der Waals surface area contributed by atoms with E-state index in [4.69, 9.17) is 0 Å². The van der Waals surface area contributed by atoms with Crippen LogP contribution in [0.25, 0.3) is 0 Å². The molecule has 0 radical (unpaired) electrons. The Morgan fingerprint density at radius 3 is 2.41 bits per heavy atom. The molecule has 4 N–H and O–H groups in total. The van der Waals surface area contributed by atoms with E-state index in [0.29, 0.717) is 24.9 Å². The molecule has 1 aliphatic heterocycles. The molecule has 1 saturated heterocycles. The van der Waals surface area contributed by atoms with Crippen LogP contribution in [0.3, 0.4) is 0 Å². The normalized spacial score (nSPS) is 17.9. The lowest BCUT2D eigenvalue weighted by Gasteiger charge is -2.30. The first kappa shape index (κ1) is 33.5.